The van der Waals surface area contributed by atoms with Crippen molar-refractivity contribution in [1.29, 1.82) is 0 Å². The lowest BCUT2D eigenvalue weighted by Gasteiger charge is -2.37. The number of aryl methyl sites for hydroxylation is 2. The molecule has 0 amide bonds. The summed E-state index contributed by atoms with van der Waals surface area (Å²) < 4.78 is 0. The van der Waals surface area contributed by atoms with Crippen LogP contribution in [0.3, 0.4) is 0 Å². The Balaban J connectivity index is 1.70. The highest BCUT2D eigenvalue weighted by Gasteiger charge is 2.19. The molecule has 110 valence electrons. The molecule has 0 unspecified atom stereocenters. The Labute approximate surface area is 131 Å². The van der Waals surface area contributed by atoms with Crippen LogP contribution in [0.1, 0.15) is 11.3 Å². The van der Waals surface area contributed by atoms with Crippen molar-refractivity contribution in [3.05, 3.63) is 52.8 Å². The van der Waals surface area contributed by atoms with Crippen LogP contribution >= 0.6 is 11.6 Å². The van der Waals surface area contributed by atoms with Gasteiger partial charge in [-0.15, -0.1) is 0 Å². The van der Waals surface area contributed by atoms with E-state index in [9.17, 15) is 0 Å². The molecule has 3 rings (SSSR count). The van der Waals surface area contributed by atoms with E-state index in [1.807, 2.05) is 13.0 Å². The quantitative estimate of drug-likeness (QED) is 0.789. The number of hydrogen-bond acceptors (Lipinski definition) is 3. The van der Waals surface area contributed by atoms with Gasteiger partial charge in [0.2, 0.25) is 0 Å². The van der Waals surface area contributed by atoms with E-state index in [4.69, 9.17) is 11.6 Å². The molecule has 0 N–H and O–H groups in total. The van der Waals surface area contributed by atoms with Crippen LogP contribution in [0.5, 0.6) is 0 Å². The van der Waals surface area contributed by atoms with E-state index in [1.54, 1.807) is 0 Å². The highest BCUT2D eigenvalue weighted by atomic mass is 35.5. The number of piperazine rings is 1. The van der Waals surface area contributed by atoms with E-state index in [2.05, 4.69) is 52.0 Å². The molecular weight excluding hydrogens is 282 g/mol. The topological polar surface area (TPSA) is 19.4 Å². The molecule has 0 saturated carbocycles. The van der Waals surface area contributed by atoms with E-state index in [-0.39, 0.29) is 0 Å². The van der Waals surface area contributed by atoms with Crippen LogP contribution in [0.2, 0.25) is 5.15 Å². The summed E-state index contributed by atoms with van der Waals surface area (Å²) in [5.74, 6) is 0. The second-order valence-electron chi connectivity index (χ2n) is 5.55. The van der Waals surface area contributed by atoms with Crippen molar-refractivity contribution in [3.63, 3.8) is 0 Å². The van der Waals surface area contributed by atoms with Crippen molar-refractivity contribution < 1.29 is 0 Å². The Bertz CT molecular complexity index is 634. The molecule has 0 radical (unpaired) electrons. The van der Waals surface area contributed by atoms with Crippen molar-refractivity contribution in [2.75, 3.05) is 36.0 Å². The number of hydrogen-bond donors (Lipinski definition) is 0. The van der Waals surface area contributed by atoms with Crippen molar-refractivity contribution in [2.24, 2.45) is 0 Å². The first-order valence-electron chi connectivity index (χ1n) is 7.33. The van der Waals surface area contributed by atoms with Crippen molar-refractivity contribution >= 4 is 23.0 Å². The summed E-state index contributed by atoms with van der Waals surface area (Å²) in [6, 6.07) is 12.7. The third-order valence-electron chi connectivity index (χ3n) is 4.01. The van der Waals surface area contributed by atoms with E-state index in [1.165, 1.54) is 16.9 Å². The van der Waals surface area contributed by atoms with Gasteiger partial charge in [0.1, 0.15) is 5.15 Å². The van der Waals surface area contributed by atoms with Crippen LogP contribution in [-0.4, -0.2) is 31.2 Å². The summed E-state index contributed by atoms with van der Waals surface area (Å²) in [4.78, 5) is 9.19. The number of nitrogens with zero attached hydrogens (tertiary/aromatic N) is 3. The maximum atomic E-state index is 5.94. The van der Waals surface area contributed by atoms with Crippen LogP contribution in [0.15, 0.2) is 36.4 Å². The van der Waals surface area contributed by atoms with E-state index >= 15 is 0 Å². The van der Waals surface area contributed by atoms with Gasteiger partial charge in [-0.25, -0.2) is 4.98 Å². The molecule has 1 aromatic carbocycles. The van der Waals surface area contributed by atoms with Crippen molar-refractivity contribution in [3.8, 4) is 0 Å². The maximum Gasteiger partial charge on any atom is 0.129 e. The van der Waals surface area contributed by atoms with Crippen LogP contribution in [0.4, 0.5) is 11.4 Å². The van der Waals surface area contributed by atoms with E-state index < -0.39 is 0 Å². The molecule has 1 aliphatic rings. The number of rotatable bonds is 2. The standard InChI is InChI=1S/C17H20ClN3/c1-13-4-3-5-15(12-13)20-8-10-21(11-9-20)16-6-7-17(18)19-14(16)2/h3-7,12H,8-11H2,1-2H3. The Morgan fingerprint density at radius 1 is 0.952 bits per heavy atom. The predicted octanol–water partition coefficient (Wildman–Crippen LogP) is 3.68. The first-order chi connectivity index (χ1) is 10.1. The molecule has 0 bridgehead atoms. The lowest BCUT2D eigenvalue weighted by atomic mass is 10.2. The summed E-state index contributed by atoms with van der Waals surface area (Å²) in [5.41, 5.74) is 4.84. The maximum absolute atomic E-state index is 5.94. The largest absolute Gasteiger partial charge is 0.368 e. The number of anilines is 2. The van der Waals surface area contributed by atoms with Crippen molar-refractivity contribution in [2.45, 2.75) is 13.8 Å². The van der Waals surface area contributed by atoms with E-state index in [0.29, 0.717) is 5.15 Å². The lowest BCUT2D eigenvalue weighted by Crippen LogP contribution is -2.46. The van der Waals surface area contributed by atoms with Gasteiger partial charge in [-0.3, -0.25) is 0 Å². The average molecular weight is 302 g/mol. The average Bonchev–Trinajstić information content (AvgIpc) is 2.47. The fourth-order valence-electron chi connectivity index (χ4n) is 2.89. The Kier molecular flexibility index (Phi) is 4.02. The zero-order valence-electron chi connectivity index (χ0n) is 12.5. The van der Waals surface area contributed by atoms with Gasteiger partial charge in [-0.1, -0.05) is 23.7 Å². The molecule has 3 nitrogen and oxygen atoms in total. The number of aromatic nitrogens is 1. The fourth-order valence-corrected chi connectivity index (χ4v) is 3.08. The molecule has 1 aliphatic heterocycles. The van der Waals surface area contributed by atoms with Crippen LogP contribution in [0.25, 0.3) is 0 Å². The highest BCUT2D eigenvalue weighted by molar-refractivity contribution is 6.29. The van der Waals surface area contributed by atoms with Gasteiger partial charge in [0, 0.05) is 31.9 Å². The Morgan fingerprint density at radius 3 is 2.33 bits per heavy atom. The Morgan fingerprint density at radius 2 is 1.67 bits per heavy atom. The minimum Gasteiger partial charge on any atom is -0.368 e. The third kappa shape index (κ3) is 3.13. The molecular formula is C17H20ClN3. The second kappa shape index (κ2) is 5.94. The molecule has 0 atom stereocenters. The first kappa shape index (κ1) is 14.2. The van der Waals surface area contributed by atoms with Gasteiger partial charge in [0.25, 0.3) is 0 Å². The van der Waals surface area contributed by atoms with Gasteiger partial charge in [0.15, 0.2) is 0 Å². The number of benzene rings is 1. The summed E-state index contributed by atoms with van der Waals surface area (Å²) >= 11 is 5.94. The van der Waals surface area contributed by atoms with Crippen molar-refractivity contribution in [1.82, 2.24) is 4.98 Å². The van der Waals surface area contributed by atoms with E-state index in [0.717, 1.165) is 31.9 Å². The Hall–Kier alpha value is -1.74. The normalized spacial score (nSPS) is 15.4. The van der Waals surface area contributed by atoms with Gasteiger partial charge >= 0.3 is 0 Å². The smallest absolute Gasteiger partial charge is 0.129 e. The summed E-state index contributed by atoms with van der Waals surface area (Å²) in [7, 11) is 0. The van der Waals surface area contributed by atoms with Gasteiger partial charge < -0.3 is 9.80 Å². The molecule has 1 fully saturated rings. The summed E-state index contributed by atoms with van der Waals surface area (Å²) in [6.07, 6.45) is 0. The molecule has 1 aromatic heterocycles. The summed E-state index contributed by atoms with van der Waals surface area (Å²) in [5, 5.41) is 0.564. The minimum absolute atomic E-state index is 0.564. The molecule has 0 aliphatic carbocycles. The van der Waals surface area contributed by atoms with Crippen LogP contribution in [0, 0.1) is 13.8 Å². The molecule has 0 spiro atoms. The highest BCUT2D eigenvalue weighted by Crippen LogP contribution is 2.24. The number of halogens is 1. The molecule has 21 heavy (non-hydrogen) atoms. The molecule has 4 heteroatoms. The molecule has 2 aromatic rings. The van der Waals surface area contributed by atoms with Gasteiger partial charge in [-0.2, -0.15) is 0 Å². The zero-order valence-corrected chi connectivity index (χ0v) is 13.3. The van der Waals surface area contributed by atoms with Gasteiger partial charge in [0.05, 0.1) is 11.4 Å². The third-order valence-corrected chi connectivity index (χ3v) is 4.22. The first-order valence-corrected chi connectivity index (χ1v) is 7.71. The fraction of sp³-hybridized carbons (Fsp3) is 0.353. The number of pyridine rings is 1. The van der Waals surface area contributed by atoms with Crippen LogP contribution < -0.4 is 9.80 Å². The predicted molar refractivity (Wildman–Crippen MR) is 89.6 cm³/mol. The zero-order chi connectivity index (χ0) is 14.8. The van der Waals surface area contributed by atoms with Gasteiger partial charge in [-0.05, 0) is 43.7 Å². The monoisotopic (exact) mass is 301 g/mol. The molecule has 1 saturated heterocycles. The SMILES string of the molecule is Cc1cccc(N2CCN(c3ccc(Cl)nc3C)CC2)c1. The van der Waals surface area contributed by atoms with Crippen LogP contribution in [-0.2, 0) is 0 Å². The lowest BCUT2D eigenvalue weighted by molar-refractivity contribution is 0.651. The second-order valence-corrected chi connectivity index (χ2v) is 5.94. The molecule has 2 heterocycles. The minimum atomic E-state index is 0.564. The summed E-state index contributed by atoms with van der Waals surface area (Å²) in [6.45, 7) is 8.25.